The van der Waals surface area contributed by atoms with E-state index in [2.05, 4.69) is 30.0 Å². The third kappa shape index (κ3) is 3.99. The van der Waals surface area contributed by atoms with Gasteiger partial charge in [-0.05, 0) is 31.4 Å². The molecule has 1 saturated carbocycles. The van der Waals surface area contributed by atoms with Crippen molar-refractivity contribution in [2.75, 3.05) is 7.11 Å². The number of aromatic amines is 1. The number of hydrogen-bond donors (Lipinski definition) is 1. The van der Waals surface area contributed by atoms with Gasteiger partial charge in [0.2, 0.25) is 0 Å². The maximum Gasteiger partial charge on any atom is 0.433 e. The Morgan fingerprint density at radius 1 is 1.14 bits per heavy atom. The number of pyridine rings is 1. The van der Waals surface area contributed by atoms with Crippen LogP contribution < -0.4 is 10.3 Å². The summed E-state index contributed by atoms with van der Waals surface area (Å²) in [5.41, 5.74) is -1.10. The lowest BCUT2D eigenvalue weighted by Gasteiger charge is -2.34. The Balaban J connectivity index is 1.54. The van der Waals surface area contributed by atoms with Crippen LogP contribution in [0.1, 0.15) is 71.0 Å². The molecule has 1 N–H and O–H groups in total. The molecule has 1 aliphatic carbocycles. The van der Waals surface area contributed by atoms with Gasteiger partial charge in [0.1, 0.15) is 28.4 Å². The number of aldehydes is 1. The Hall–Kier alpha value is -4.16. The van der Waals surface area contributed by atoms with Crippen LogP contribution in [0.25, 0.3) is 11.0 Å². The third-order valence-corrected chi connectivity index (χ3v) is 6.49. The van der Waals surface area contributed by atoms with Crippen LogP contribution in [0.2, 0.25) is 0 Å². The molecule has 0 radical (unpaired) electrons. The summed E-state index contributed by atoms with van der Waals surface area (Å²) in [5.74, 6) is 1.29. The molecule has 0 amide bonds. The molecule has 0 aliphatic heterocycles. The molecule has 10 nitrogen and oxygen atoms in total. The zero-order valence-corrected chi connectivity index (χ0v) is 19.2. The van der Waals surface area contributed by atoms with Crippen LogP contribution in [0.5, 0.6) is 5.75 Å². The summed E-state index contributed by atoms with van der Waals surface area (Å²) in [6.45, 7) is 1.67. The lowest BCUT2D eigenvalue weighted by atomic mass is 9.72. The van der Waals surface area contributed by atoms with Gasteiger partial charge >= 0.3 is 6.18 Å². The van der Waals surface area contributed by atoms with Gasteiger partial charge in [-0.3, -0.25) is 14.6 Å². The summed E-state index contributed by atoms with van der Waals surface area (Å²) >= 11 is 0. The second-order valence-corrected chi connectivity index (χ2v) is 8.52. The third-order valence-electron chi connectivity index (χ3n) is 6.49. The minimum atomic E-state index is -4.57. The van der Waals surface area contributed by atoms with E-state index in [4.69, 9.17) is 4.74 Å². The van der Waals surface area contributed by atoms with Crippen molar-refractivity contribution in [3.8, 4) is 5.75 Å². The molecule has 36 heavy (non-hydrogen) atoms. The van der Waals surface area contributed by atoms with E-state index in [1.165, 1.54) is 17.9 Å². The Labute approximate surface area is 201 Å². The van der Waals surface area contributed by atoms with E-state index in [0.29, 0.717) is 29.2 Å². The van der Waals surface area contributed by atoms with Gasteiger partial charge < -0.3 is 9.72 Å². The van der Waals surface area contributed by atoms with Crippen molar-refractivity contribution in [3.63, 3.8) is 0 Å². The molecule has 4 heterocycles. The minimum Gasteiger partial charge on any atom is -0.494 e. The molecule has 0 bridgehead atoms. The monoisotopic (exact) mass is 499 g/mol. The van der Waals surface area contributed by atoms with Gasteiger partial charge in [0.05, 0.1) is 25.5 Å². The first-order valence-electron chi connectivity index (χ1n) is 11.1. The highest BCUT2D eigenvalue weighted by Crippen LogP contribution is 2.46. The Morgan fingerprint density at radius 2 is 1.86 bits per heavy atom. The summed E-state index contributed by atoms with van der Waals surface area (Å²) in [4.78, 5) is 44.3. The van der Waals surface area contributed by atoms with Gasteiger partial charge in [0.15, 0.2) is 17.7 Å². The largest absolute Gasteiger partial charge is 0.494 e. The molecule has 186 valence electrons. The van der Waals surface area contributed by atoms with Gasteiger partial charge in [-0.15, -0.1) is 0 Å². The standard InChI is InChI=1S/C23H20F3N7O3/c1-11(12-3-6-17(27-7-12)23(24,25)26)33-21-18(16(10-34)32-33)22(35)31-20(30-21)15-5-4-14(15)19-28-8-13(36-2)9-29-19/h3,6-11,14-15H,4-5H2,1-2H3,(H,30,31,35). The van der Waals surface area contributed by atoms with Crippen molar-refractivity contribution >= 4 is 17.3 Å². The van der Waals surface area contributed by atoms with Crippen LogP contribution in [0.15, 0.2) is 35.5 Å². The molecule has 3 atom stereocenters. The second-order valence-electron chi connectivity index (χ2n) is 8.52. The number of aromatic nitrogens is 7. The van der Waals surface area contributed by atoms with Gasteiger partial charge in [-0.25, -0.2) is 19.6 Å². The summed E-state index contributed by atoms with van der Waals surface area (Å²) < 4.78 is 45.2. The van der Waals surface area contributed by atoms with Crippen LogP contribution >= 0.6 is 0 Å². The van der Waals surface area contributed by atoms with Crippen molar-refractivity contribution in [2.24, 2.45) is 0 Å². The van der Waals surface area contributed by atoms with Gasteiger partial charge in [-0.2, -0.15) is 18.3 Å². The quantitative estimate of drug-likeness (QED) is 0.400. The second kappa shape index (κ2) is 8.81. The fourth-order valence-corrected chi connectivity index (χ4v) is 4.34. The van der Waals surface area contributed by atoms with Crippen LogP contribution in [-0.4, -0.2) is 48.1 Å². The SMILES string of the molecule is COc1cnc(C2CCC2c2nc3c(c(C=O)nn3C(C)c3ccc(C(F)(F)F)nc3)c(=O)[nH]2)nc1. The fraction of sp³-hybridized carbons (Fsp3) is 0.348. The summed E-state index contributed by atoms with van der Waals surface area (Å²) in [6.07, 6.45) is 1.65. The first-order chi connectivity index (χ1) is 17.2. The van der Waals surface area contributed by atoms with E-state index in [1.54, 1.807) is 19.3 Å². The van der Waals surface area contributed by atoms with Crippen molar-refractivity contribution in [1.29, 1.82) is 0 Å². The number of halogens is 3. The summed E-state index contributed by atoms with van der Waals surface area (Å²) in [7, 11) is 1.52. The van der Waals surface area contributed by atoms with Crippen LogP contribution in [0.3, 0.4) is 0 Å². The molecule has 3 unspecified atom stereocenters. The van der Waals surface area contributed by atoms with E-state index in [1.807, 2.05) is 0 Å². The molecule has 5 rings (SSSR count). The zero-order chi connectivity index (χ0) is 25.6. The Morgan fingerprint density at radius 3 is 2.42 bits per heavy atom. The molecule has 13 heteroatoms. The molecular weight excluding hydrogens is 479 g/mol. The average Bonchev–Trinajstić information content (AvgIpc) is 3.22. The zero-order valence-electron chi connectivity index (χ0n) is 19.2. The Kier molecular flexibility index (Phi) is 5.77. The normalized spacial score (nSPS) is 18.6. The van der Waals surface area contributed by atoms with Gasteiger partial charge in [-0.1, -0.05) is 6.07 Å². The molecule has 4 aromatic rings. The Bertz CT molecular complexity index is 1480. The predicted molar refractivity (Wildman–Crippen MR) is 120 cm³/mol. The smallest absolute Gasteiger partial charge is 0.433 e. The molecule has 1 fully saturated rings. The highest BCUT2D eigenvalue weighted by Gasteiger charge is 2.38. The minimum absolute atomic E-state index is 0.0111. The van der Waals surface area contributed by atoms with E-state index >= 15 is 0 Å². The van der Waals surface area contributed by atoms with Crippen molar-refractivity contribution in [3.05, 3.63) is 69.7 Å². The predicted octanol–water partition coefficient (Wildman–Crippen LogP) is 3.42. The number of carbonyl (C=O) groups excluding carboxylic acids is 1. The average molecular weight is 499 g/mol. The molecule has 0 saturated heterocycles. The highest BCUT2D eigenvalue weighted by molar-refractivity contribution is 5.93. The molecule has 1 aliphatic rings. The highest BCUT2D eigenvalue weighted by atomic mass is 19.4. The summed E-state index contributed by atoms with van der Waals surface area (Å²) in [6, 6.07) is 1.50. The lowest BCUT2D eigenvalue weighted by Crippen LogP contribution is -2.28. The number of H-pyrrole nitrogens is 1. The van der Waals surface area contributed by atoms with E-state index < -0.39 is 23.5 Å². The maximum absolute atomic E-state index is 13.0. The number of ether oxygens (including phenoxy) is 1. The number of rotatable bonds is 6. The van der Waals surface area contributed by atoms with Gasteiger partial charge in [0.25, 0.3) is 5.56 Å². The van der Waals surface area contributed by atoms with E-state index in [-0.39, 0.29) is 28.6 Å². The molecule has 4 aromatic heterocycles. The molecule has 0 spiro atoms. The molecular formula is C23H20F3N7O3. The number of nitrogens with one attached hydrogen (secondary N) is 1. The van der Waals surface area contributed by atoms with Crippen LogP contribution in [0.4, 0.5) is 13.2 Å². The van der Waals surface area contributed by atoms with Crippen molar-refractivity contribution in [1.82, 2.24) is 34.7 Å². The van der Waals surface area contributed by atoms with Crippen LogP contribution in [-0.2, 0) is 6.18 Å². The lowest BCUT2D eigenvalue weighted by molar-refractivity contribution is -0.141. The number of hydrogen-bond acceptors (Lipinski definition) is 8. The number of nitrogens with zero attached hydrogens (tertiary/aromatic N) is 6. The molecule has 0 aromatic carbocycles. The van der Waals surface area contributed by atoms with E-state index in [0.717, 1.165) is 25.1 Å². The van der Waals surface area contributed by atoms with E-state index in [9.17, 15) is 22.8 Å². The number of alkyl halides is 3. The van der Waals surface area contributed by atoms with Crippen molar-refractivity contribution < 1.29 is 22.7 Å². The topological polar surface area (TPSA) is 129 Å². The number of methoxy groups -OCH3 is 1. The van der Waals surface area contributed by atoms with Gasteiger partial charge in [0, 0.05) is 18.0 Å². The number of fused-ring (bicyclic) bond motifs is 1. The first kappa shape index (κ1) is 23.6. The first-order valence-corrected chi connectivity index (χ1v) is 11.1. The van der Waals surface area contributed by atoms with Crippen molar-refractivity contribution in [2.45, 2.75) is 43.8 Å². The fourth-order valence-electron chi connectivity index (χ4n) is 4.34. The summed E-state index contributed by atoms with van der Waals surface area (Å²) in [5, 5.41) is 4.25. The maximum atomic E-state index is 13.0. The number of carbonyl (C=O) groups is 1. The van der Waals surface area contributed by atoms with Crippen LogP contribution in [0, 0.1) is 0 Å².